The SMILES string of the molecule is COc1ccccc1C(Cl)c1cc(Cl)c(Br)cc1F. The van der Waals surface area contributed by atoms with Gasteiger partial charge in [0, 0.05) is 15.6 Å². The van der Waals surface area contributed by atoms with Crippen molar-refractivity contribution in [2.24, 2.45) is 0 Å². The van der Waals surface area contributed by atoms with Crippen molar-refractivity contribution in [1.82, 2.24) is 0 Å². The zero-order valence-electron chi connectivity index (χ0n) is 9.96. The minimum absolute atomic E-state index is 0.319. The Morgan fingerprint density at radius 1 is 1.21 bits per heavy atom. The lowest BCUT2D eigenvalue weighted by Crippen LogP contribution is -2.00. The van der Waals surface area contributed by atoms with Crippen molar-refractivity contribution in [3.63, 3.8) is 0 Å². The predicted molar refractivity (Wildman–Crippen MR) is 79.8 cm³/mol. The first-order chi connectivity index (χ1) is 9.04. The van der Waals surface area contributed by atoms with Gasteiger partial charge in [0.1, 0.15) is 11.6 Å². The van der Waals surface area contributed by atoms with Crippen LogP contribution in [0.5, 0.6) is 5.75 Å². The van der Waals surface area contributed by atoms with E-state index in [4.69, 9.17) is 27.9 Å². The lowest BCUT2D eigenvalue weighted by molar-refractivity contribution is 0.410. The van der Waals surface area contributed by atoms with Gasteiger partial charge in [-0.15, -0.1) is 11.6 Å². The average Bonchev–Trinajstić information content (AvgIpc) is 2.42. The molecule has 0 aromatic heterocycles. The van der Waals surface area contributed by atoms with Crippen molar-refractivity contribution >= 4 is 39.1 Å². The summed E-state index contributed by atoms with van der Waals surface area (Å²) in [6.45, 7) is 0. The molecule has 1 unspecified atom stereocenters. The monoisotopic (exact) mass is 362 g/mol. The number of hydrogen-bond acceptors (Lipinski definition) is 1. The maximum absolute atomic E-state index is 14.0. The van der Waals surface area contributed by atoms with Crippen LogP contribution in [0.3, 0.4) is 0 Å². The second-order valence-corrected chi connectivity index (χ2v) is 5.59. The molecule has 2 aromatic rings. The first-order valence-electron chi connectivity index (χ1n) is 5.46. The van der Waals surface area contributed by atoms with Crippen LogP contribution in [0.25, 0.3) is 0 Å². The molecule has 0 saturated carbocycles. The molecular formula is C14H10BrCl2FO. The van der Waals surface area contributed by atoms with Crippen LogP contribution in [-0.2, 0) is 0 Å². The van der Waals surface area contributed by atoms with Crippen LogP contribution in [-0.4, -0.2) is 7.11 Å². The molecule has 0 amide bonds. The molecule has 19 heavy (non-hydrogen) atoms. The van der Waals surface area contributed by atoms with E-state index >= 15 is 0 Å². The Hall–Kier alpha value is -0.770. The number of rotatable bonds is 3. The van der Waals surface area contributed by atoms with E-state index in [0.717, 1.165) is 0 Å². The standard InChI is InChI=1S/C14H10BrCl2FO/c1-19-13-5-3-2-4-8(13)14(17)9-6-11(16)10(15)7-12(9)18/h2-7,14H,1H3. The molecule has 0 aliphatic rings. The van der Waals surface area contributed by atoms with Crippen LogP contribution in [0, 0.1) is 5.82 Å². The van der Waals surface area contributed by atoms with Crippen molar-refractivity contribution in [3.05, 3.63) is 62.8 Å². The van der Waals surface area contributed by atoms with Gasteiger partial charge in [-0.1, -0.05) is 29.8 Å². The molecule has 0 spiro atoms. The molecule has 1 atom stereocenters. The Bertz CT molecular complexity index is 604. The third kappa shape index (κ3) is 3.04. The van der Waals surface area contributed by atoms with Gasteiger partial charge in [-0.2, -0.15) is 0 Å². The first kappa shape index (κ1) is 14.6. The fourth-order valence-corrected chi connectivity index (χ4v) is 2.61. The summed E-state index contributed by atoms with van der Waals surface area (Å²) >= 11 is 15.5. The summed E-state index contributed by atoms with van der Waals surface area (Å²) in [4.78, 5) is 0. The smallest absolute Gasteiger partial charge is 0.129 e. The molecule has 1 nitrogen and oxygen atoms in total. The van der Waals surface area contributed by atoms with Crippen molar-refractivity contribution in [2.45, 2.75) is 5.38 Å². The van der Waals surface area contributed by atoms with E-state index in [0.29, 0.717) is 26.4 Å². The fraction of sp³-hybridized carbons (Fsp3) is 0.143. The molecule has 0 aliphatic carbocycles. The normalized spacial score (nSPS) is 12.3. The van der Waals surface area contributed by atoms with E-state index in [1.54, 1.807) is 19.2 Å². The van der Waals surface area contributed by atoms with Crippen LogP contribution in [0.2, 0.25) is 5.02 Å². The molecule has 0 saturated heterocycles. The van der Waals surface area contributed by atoms with Gasteiger partial charge >= 0.3 is 0 Å². The van der Waals surface area contributed by atoms with Gasteiger partial charge in [-0.25, -0.2) is 4.39 Å². The second-order valence-electron chi connectivity index (χ2n) is 3.89. The summed E-state index contributed by atoms with van der Waals surface area (Å²) in [5.41, 5.74) is 1.02. The molecule has 0 fully saturated rings. The molecule has 2 rings (SSSR count). The topological polar surface area (TPSA) is 9.23 Å². The lowest BCUT2D eigenvalue weighted by Gasteiger charge is -2.15. The summed E-state index contributed by atoms with van der Waals surface area (Å²) in [6, 6.07) is 10.1. The average molecular weight is 364 g/mol. The Kier molecular flexibility index (Phi) is 4.71. The lowest BCUT2D eigenvalue weighted by atomic mass is 10.0. The van der Waals surface area contributed by atoms with Crippen LogP contribution in [0.1, 0.15) is 16.5 Å². The summed E-state index contributed by atoms with van der Waals surface area (Å²) in [5.74, 6) is 0.197. The molecule has 0 heterocycles. The van der Waals surface area contributed by atoms with E-state index in [1.165, 1.54) is 12.1 Å². The highest BCUT2D eigenvalue weighted by molar-refractivity contribution is 9.10. The largest absolute Gasteiger partial charge is 0.496 e. The van der Waals surface area contributed by atoms with Crippen LogP contribution >= 0.6 is 39.1 Å². The molecular weight excluding hydrogens is 354 g/mol. The molecule has 0 N–H and O–H groups in total. The molecule has 0 aliphatic heterocycles. The van der Waals surface area contributed by atoms with E-state index in [1.807, 2.05) is 12.1 Å². The van der Waals surface area contributed by atoms with E-state index in [-0.39, 0.29) is 0 Å². The van der Waals surface area contributed by atoms with Crippen LogP contribution < -0.4 is 4.74 Å². The van der Waals surface area contributed by atoms with Gasteiger partial charge in [0.15, 0.2) is 0 Å². The van der Waals surface area contributed by atoms with Crippen molar-refractivity contribution in [2.75, 3.05) is 7.11 Å². The van der Waals surface area contributed by atoms with Crippen molar-refractivity contribution < 1.29 is 9.13 Å². The van der Waals surface area contributed by atoms with Crippen LogP contribution in [0.4, 0.5) is 4.39 Å². The van der Waals surface area contributed by atoms with Crippen molar-refractivity contribution in [1.29, 1.82) is 0 Å². The minimum atomic E-state index is -0.665. The zero-order chi connectivity index (χ0) is 14.0. The maximum atomic E-state index is 14.0. The minimum Gasteiger partial charge on any atom is -0.496 e. The number of halogens is 4. The molecule has 0 radical (unpaired) electrons. The van der Waals surface area contributed by atoms with Gasteiger partial charge in [0.25, 0.3) is 0 Å². The number of para-hydroxylation sites is 1. The van der Waals surface area contributed by atoms with E-state index in [9.17, 15) is 4.39 Å². The highest BCUT2D eigenvalue weighted by Crippen LogP contribution is 2.38. The zero-order valence-corrected chi connectivity index (χ0v) is 13.1. The number of benzene rings is 2. The third-order valence-electron chi connectivity index (χ3n) is 2.72. The van der Waals surface area contributed by atoms with E-state index < -0.39 is 11.2 Å². The highest BCUT2D eigenvalue weighted by atomic mass is 79.9. The van der Waals surface area contributed by atoms with Gasteiger partial charge in [-0.05, 0) is 34.1 Å². The third-order valence-corrected chi connectivity index (χ3v) is 4.39. The van der Waals surface area contributed by atoms with E-state index in [2.05, 4.69) is 15.9 Å². The highest BCUT2D eigenvalue weighted by Gasteiger charge is 2.20. The second kappa shape index (κ2) is 6.12. The molecule has 0 bridgehead atoms. The number of alkyl halides is 1. The number of hydrogen-bond donors (Lipinski definition) is 0. The quantitative estimate of drug-likeness (QED) is 0.511. The molecule has 100 valence electrons. The molecule has 5 heteroatoms. The van der Waals surface area contributed by atoms with Crippen molar-refractivity contribution in [3.8, 4) is 5.75 Å². The molecule has 2 aromatic carbocycles. The van der Waals surface area contributed by atoms with Gasteiger partial charge in [0.2, 0.25) is 0 Å². The Morgan fingerprint density at radius 3 is 2.58 bits per heavy atom. The Labute approximate surface area is 129 Å². The van der Waals surface area contributed by atoms with Gasteiger partial charge in [0.05, 0.1) is 17.5 Å². The van der Waals surface area contributed by atoms with Gasteiger partial charge < -0.3 is 4.74 Å². The predicted octanol–water partition coefficient (Wildman–Crippen LogP) is 5.58. The van der Waals surface area contributed by atoms with Crippen LogP contribution in [0.15, 0.2) is 40.9 Å². The first-order valence-corrected chi connectivity index (χ1v) is 7.06. The summed E-state index contributed by atoms with van der Waals surface area (Å²) < 4.78 is 19.7. The Morgan fingerprint density at radius 2 is 1.89 bits per heavy atom. The maximum Gasteiger partial charge on any atom is 0.129 e. The number of ether oxygens (including phenoxy) is 1. The summed E-state index contributed by atoms with van der Waals surface area (Å²) in [5, 5.41) is -0.251. The number of methoxy groups -OCH3 is 1. The van der Waals surface area contributed by atoms with Gasteiger partial charge in [-0.3, -0.25) is 0 Å². The fourth-order valence-electron chi connectivity index (χ4n) is 1.78. The summed E-state index contributed by atoms with van der Waals surface area (Å²) in [6.07, 6.45) is 0. The summed E-state index contributed by atoms with van der Waals surface area (Å²) in [7, 11) is 1.55. The Balaban J connectivity index is 2.50.